The summed E-state index contributed by atoms with van der Waals surface area (Å²) in [6.07, 6.45) is 2.70. The normalized spacial score (nSPS) is 13.9. The molecule has 0 unspecified atom stereocenters. The van der Waals surface area contributed by atoms with Crippen molar-refractivity contribution in [2.45, 2.75) is 32.1 Å². The van der Waals surface area contributed by atoms with E-state index in [9.17, 15) is 4.79 Å². The third-order valence-electron chi connectivity index (χ3n) is 3.53. The molecule has 0 saturated heterocycles. The van der Waals surface area contributed by atoms with E-state index in [-0.39, 0.29) is 16.2 Å². The Kier molecular flexibility index (Phi) is 4.71. The van der Waals surface area contributed by atoms with Crippen LogP contribution >= 0.6 is 34.8 Å². The number of nitrogens with zero attached hydrogens (tertiary/aromatic N) is 3. The largest absolute Gasteiger partial charge is 0.306 e. The topological polar surface area (TPSA) is 67.8 Å². The van der Waals surface area contributed by atoms with Gasteiger partial charge in [0.25, 0.3) is 5.91 Å². The second-order valence-electron chi connectivity index (χ2n) is 5.28. The average molecular weight is 372 g/mol. The lowest BCUT2D eigenvalue weighted by Gasteiger charge is -2.12. The maximum Gasteiger partial charge on any atom is 0.257 e. The van der Waals surface area contributed by atoms with Crippen LogP contribution in [0, 0.1) is 0 Å². The van der Waals surface area contributed by atoms with E-state index in [0.717, 1.165) is 12.8 Å². The quantitative estimate of drug-likeness (QED) is 0.633. The van der Waals surface area contributed by atoms with Gasteiger partial charge in [0.15, 0.2) is 0 Å². The lowest BCUT2D eigenvalue weighted by molar-refractivity contribution is 0.102. The minimum Gasteiger partial charge on any atom is -0.306 e. The van der Waals surface area contributed by atoms with Crippen molar-refractivity contribution in [3.05, 3.63) is 44.5 Å². The monoisotopic (exact) mass is 370 g/mol. The molecule has 2 aromatic rings. The summed E-state index contributed by atoms with van der Waals surface area (Å²) >= 11 is 17.9. The number of hydrogen-bond donors (Lipinski definition) is 1. The maximum absolute atomic E-state index is 12.4. The van der Waals surface area contributed by atoms with Crippen molar-refractivity contribution in [3.63, 3.8) is 0 Å². The minimum absolute atomic E-state index is 0.151. The Hall–Kier alpha value is -1.43. The number of amides is 1. The molecular formula is C15H13Cl3N4O. The molecule has 3 rings (SSSR count). The van der Waals surface area contributed by atoms with Gasteiger partial charge in [-0.05, 0) is 31.4 Å². The van der Waals surface area contributed by atoms with Crippen LogP contribution in [0.3, 0.4) is 0 Å². The van der Waals surface area contributed by atoms with Crippen molar-refractivity contribution in [3.8, 4) is 0 Å². The number of hydrogen-bond acceptors (Lipinski definition) is 4. The highest BCUT2D eigenvalue weighted by molar-refractivity contribution is 6.33. The summed E-state index contributed by atoms with van der Waals surface area (Å²) in [4.78, 5) is 25.0. The average Bonchev–Trinajstić information content (AvgIpc) is 3.30. The van der Waals surface area contributed by atoms with Gasteiger partial charge < -0.3 is 5.32 Å². The standard InChI is InChI=1S/C15H13Cl3N4O/c1-2-9-12(18)20-13(7-3-4-7)21-14(9)22-15(23)8-5-10(16)19-11(17)6-8/h5-7H,2-4H2,1H3,(H,20,21,22,23). The Bertz CT molecular complexity index is 757. The predicted molar refractivity (Wildman–Crippen MR) is 90.6 cm³/mol. The third-order valence-corrected chi connectivity index (χ3v) is 4.23. The number of nitrogens with one attached hydrogen (secondary N) is 1. The van der Waals surface area contributed by atoms with Crippen molar-refractivity contribution in [1.82, 2.24) is 15.0 Å². The highest BCUT2D eigenvalue weighted by atomic mass is 35.5. The lowest BCUT2D eigenvalue weighted by Crippen LogP contribution is -2.16. The number of pyridine rings is 1. The zero-order valence-corrected chi connectivity index (χ0v) is 14.5. The third kappa shape index (κ3) is 3.74. The molecule has 0 aromatic carbocycles. The Morgan fingerprint density at radius 2 is 1.83 bits per heavy atom. The van der Waals surface area contributed by atoms with Crippen LogP contribution in [0.1, 0.15) is 47.4 Å². The van der Waals surface area contributed by atoms with E-state index in [0.29, 0.717) is 40.3 Å². The van der Waals surface area contributed by atoms with Crippen LogP contribution in [0.25, 0.3) is 0 Å². The van der Waals surface area contributed by atoms with E-state index in [1.54, 1.807) is 0 Å². The van der Waals surface area contributed by atoms with Crippen molar-refractivity contribution in [2.75, 3.05) is 5.32 Å². The molecule has 2 heterocycles. The lowest BCUT2D eigenvalue weighted by atomic mass is 10.2. The highest BCUT2D eigenvalue weighted by Crippen LogP contribution is 2.39. The van der Waals surface area contributed by atoms with Gasteiger partial charge in [-0.3, -0.25) is 4.79 Å². The van der Waals surface area contributed by atoms with Crippen molar-refractivity contribution in [1.29, 1.82) is 0 Å². The zero-order valence-electron chi connectivity index (χ0n) is 12.2. The molecule has 23 heavy (non-hydrogen) atoms. The van der Waals surface area contributed by atoms with Gasteiger partial charge in [0.2, 0.25) is 0 Å². The second-order valence-corrected chi connectivity index (χ2v) is 6.42. The molecule has 0 radical (unpaired) electrons. The van der Waals surface area contributed by atoms with E-state index in [1.807, 2.05) is 6.92 Å². The molecule has 0 bridgehead atoms. The number of carbonyl (C=O) groups is 1. The Morgan fingerprint density at radius 1 is 1.17 bits per heavy atom. The van der Waals surface area contributed by atoms with Gasteiger partial charge in [-0.25, -0.2) is 15.0 Å². The van der Waals surface area contributed by atoms with Crippen LogP contribution in [0.2, 0.25) is 15.5 Å². The molecule has 1 saturated carbocycles. The molecule has 1 aliphatic rings. The first-order valence-electron chi connectivity index (χ1n) is 7.18. The molecule has 1 amide bonds. The van der Waals surface area contributed by atoms with E-state index in [2.05, 4.69) is 20.3 Å². The van der Waals surface area contributed by atoms with E-state index in [4.69, 9.17) is 34.8 Å². The van der Waals surface area contributed by atoms with Gasteiger partial charge in [0, 0.05) is 17.0 Å². The van der Waals surface area contributed by atoms with Crippen LogP contribution in [0.15, 0.2) is 12.1 Å². The highest BCUT2D eigenvalue weighted by Gasteiger charge is 2.28. The molecule has 0 aliphatic heterocycles. The smallest absolute Gasteiger partial charge is 0.257 e. The summed E-state index contributed by atoms with van der Waals surface area (Å²) in [7, 11) is 0. The number of rotatable bonds is 4. The Morgan fingerprint density at radius 3 is 2.39 bits per heavy atom. The van der Waals surface area contributed by atoms with Gasteiger partial charge in [0.05, 0.1) is 0 Å². The van der Waals surface area contributed by atoms with Crippen LogP contribution in [0.4, 0.5) is 5.82 Å². The molecule has 1 aliphatic carbocycles. The maximum atomic E-state index is 12.4. The van der Waals surface area contributed by atoms with Crippen molar-refractivity contribution in [2.24, 2.45) is 0 Å². The van der Waals surface area contributed by atoms with E-state index >= 15 is 0 Å². The van der Waals surface area contributed by atoms with Crippen molar-refractivity contribution >= 4 is 46.5 Å². The van der Waals surface area contributed by atoms with Gasteiger partial charge >= 0.3 is 0 Å². The fourth-order valence-electron chi connectivity index (χ4n) is 2.19. The second kappa shape index (κ2) is 6.59. The first-order valence-corrected chi connectivity index (χ1v) is 8.32. The molecule has 8 heteroatoms. The summed E-state index contributed by atoms with van der Waals surface area (Å²) in [5, 5.41) is 3.46. The zero-order chi connectivity index (χ0) is 16.6. The van der Waals surface area contributed by atoms with Gasteiger partial charge in [0.1, 0.15) is 27.1 Å². The number of anilines is 1. The van der Waals surface area contributed by atoms with Crippen LogP contribution in [-0.4, -0.2) is 20.9 Å². The molecule has 120 valence electrons. The predicted octanol–water partition coefficient (Wildman–Crippen LogP) is 4.52. The fourth-order valence-corrected chi connectivity index (χ4v) is 2.96. The van der Waals surface area contributed by atoms with Crippen LogP contribution < -0.4 is 5.32 Å². The van der Waals surface area contributed by atoms with Crippen LogP contribution in [0.5, 0.6) is 0 Å². The summed E-state index contributed by atoms with van der Waals surface area (Å²) in [5.41, 5.74) is 1.01. The van der Waals surface area contributed by atoms with Gasteiger partial charge in [-0.1, -0.05) is 41.7 Å². The SMILES string of the molecule is CCc1c(Cl)nc(C2CC2)nc1NC(=O)c1cc(Cl)nc(Cl)c1. The number of halogens is 3. The van der Waals surface area contributed by atoms with E-state index < -0.39 is 0 Å². The summed E-state index contributed by atoms with van der Waals surface area (Å²) in [6.45, 7) is 1.93. The molecule has 1 N–H and O–H groups in total. The van der Waals surface area contributed by atoms with Gasteiger partial charge in [-0.2, -0.15) is 0 Å². The first-order chi connectivity index (χ1) is 11.0. The summed E-state index contributed by atoms with van der Waals surface area (Å²) < 4.78 is 0. The summed E-state index contributed by atoms with van der Waals surface area (Å²) in [6, 6.07) is 2.89. The Balaban J connectivity index is 1.93. The molecular weight excluding hydrogens is 359 g/mol. The van der Waals surface area contributed by atoms with E-state index in [1.165, 1.54) is 12.1 Å². The number of carbonyl (C=O) groups excluding carboxylic acids is 1. The molecule has 5 nitrogen and oxygen atoms in total. The Labute approximate surface area is 148 Å². The van der Waals surface area contributed by atoms with Crippen molar-refractivity contribution < 1.29 is 4.79 Å². The first kappa shape index (κ1) is 16.4. The fraction of sp³-hybridized carbons (Fsp3) is 0.333. The molecule has 0 spiro atoms. The summed E-state index contributed by atoms with van der Waals surface area (Å²) in [5.74, 6) is 1.07. The van der Waals surface area contributed by atoms with Gasteiger partial charge in [-0.15, -0.1) is 0 Å². The molecule has 2 aromatic heterocycles. The minimum atomic E-state index is -0.373. The van der Waals surface area contributed by atoms with Crippen LogP contribution in [-0.2, 0) is 6.42 Å². The molecule has 1 fully saturated rings. The number of aromatic nitrogens is 3. The molecule has 0 atom stereocenters.